The predicted molar refractivity (Wildman–Crippen MR) is 150 cm³/mol. The molecule has 0 aromatic carbocycles. The molecule has 4 rings (SSSR count). The van der Waals surface area contributed by atoms with Crippen LogP contribution in [0, 0.1) is 5.82 Å². The number of aromatic nitrogens is 2. The standard InChI is InChI=1S/C27H40BFN6O4/c1-25(2,3)37-24(36)33-17-9-8-12-35(16-17)22-10-11-31-14-21(22)32-15-20-19(30)13-18(29)23(34-20)28-38-26(4,5)27(6,7)39-28/h10-11,13-14,17,32H,8-9,12,15-16,30H2,1-7H3,(H,33,36)/t17-/m0/s1. The highest BCUT2D eigenvalue weighted by Gasteiger charge is 2.53. The summed E-state index contributed by atoms with van der Waals surface area (Å²) in [5, 5.41) is 6.35. The van der Waals surface area contributed by atoms with Crippen LogP contribution in [0.15, 0.2) is 24.5 Å². The molecule has 12 heteroatoms. The number of nitrogens with zero attached hydrogens (tertiary/aromatic N) is 3. The first-order chi connectivity index (χ1) is 18.1. The van der Waals surface area contributed by atoms with Crippen LogP contribution in [0.25, 0.3) is 0 Å². The number of hydrogen-bond donors (Lipinski definition) is 3. The Bertz CT molecular complexity index is 1190. The summed E-state index contributed by atoms with van der Waals surface area (Å²) in [5.74, 6) is -0.575. The summed E-state index contributed by atoms with van der Waals surface area (Å²) in [4.78, 5) is 23.3. The van der Waals surface area contributed by atoms with Crippen molar-refractivity contribution >= 4 is 35.9 Å². The largest absolute Gasteiger partial charge is 0.517 e. The molecule has 1 amide bonds. The number of rotatable bonds is 6. The highest BCUT2D eigenvalue weighted by molar-refractivity contribution is 6.61. The van der Waals surface area contributed by atoms with Crippen molar-refractivity contribution in [1.29, 1.82) is 0 Å². The van der Waals surface area contributed by atoms with Crippen molar-refractivity contribution in [1.82, 2.24) is 15.3 Å². The number of pyridine rings is 2. The van der Waals surface area contributed by atoms with Gasteiger partial charge in [0.25, 0.3) is 0 Å². The monoisotopic (exact) mass is 542 g/mol. The van der Waals surface area contributed by atoms with Gasteiger partial charge in [0.15, 0.2) is 0 Å². The summed E-state index contributed by atoms with van der Waals surface area (Å²) in [6.07, 6.45) is 4.81. The lowest BCUT2D eigenvalue weighted by Gasteiger charge is -2.36. The van der Waals surface area contributed by atoms with Gasteiger partial charge >= 0.3 is 13.2 Å². The van der Waals surface area contributed by atoms with Gasteiger partial charge in [-0.25, -0.2) is 9.18 Å². The summed E-state index contributed by atoms with van der Waals surface area (Å²) in [5.41, 5.74) is 6.82. The van der Waals surface area contributed by atoms with Gasteiger partial charge in [0, 0.05) is 25.3 Å². The molecular weight excluding hydrogens is 502 g/mol. The van der Waals surface area contributed by atoms with Gasteiger partial charge in [-0.05, 0) is 73.4 Å². The fourth-order valence-electron chi connectivity index (χ4n) is 4.58. The van der Waals surface area contributed by atoms with Crippen LogP contribution in [0.2, 0.25) is 0 Å². The Morgan fingerprint density at radius 3 is 2.64 bits per heavy atom. The first-order valence-corrected chi connectivity index (χ1v) is 13.4. The van der Waals surface area contributed by atoms with Crippen molar-refractivity contribution in [2.45, 2.75) is 90.7 Å². The highest BCUT2D eigenvalue weighted by Crippen LogP contribution is 2.36. The van der Waals surface area contributed by atoms with Crippen LogP contribution >= 0.6 is 0 Å². The summed E-state index contributed by atoms with van der Waals surface area (Å²) >= 11 is 0. The Balaban J connectivity index is 1.47. The van der Waals surface area contributed by atoms with E-state index in [4.69, 9.17) is 19.8 Å². The number of alkyl carbamates (subject to hydrolysis) is 1. The number of carbonyl (C=O) groups is 1. The van der Waals surface area contributed by atoms with E-state index < -0.39 is 35.8 Å². The van der Waals surface area contributed by atoms with Crippen molar-refractivity contribution in [3.05, 3.63) is 36.0 Å². The number of nitrogens with one attached hydrogen (secondary N) is 2. The fraction of sp³-hybridized carbons (Fsp3) is 0.593. The van der Waals surface area contributed by atoms with E-state index in [1.165, 1.54) is 6.07 Å². The van der Waals surface area contributed by atoms with Gasteiger partial charge in [-0.15, -0.1) is 0 Å². The number of amides is 1. The lowest BCUT2D eigenvalue weighted by molar-refractivity contribution is 0.00578. The third-order valence-corrected chi connectivity index (χ3v) is 7.32. The Kier molecular flexibility index (Phi) is 8.00. The van der Waals surface area contributed by atoms with E-state index in [2.05, 4.69) is 25.5 Å². The van der Waals surface area contributed by atoms with E-state index in [1.807, 2.05) is 54.5 Å². The molecule has 10 nitrogen and oxygen atoms in total. The molecule has 212 valence electrons. The molecule has 0 saturated carbocycles. The van der Waals surface area contributed by atoms with E-state index in [1.54, 1.807) is 12.4 Å². The van der Waals surface area contributed by atoms with Gasteiger partial charge in [0.1, 0.15) is 17.0 Å². The Labute approximate surface area is 230 Å². The van der Waals surface area contributed by atoms with Gasteiger partial charge in [0.2, 0.25) is 0 Å². The molecule has 2 aliphatic rings. The van der Waals surface area contributed by atoms with Crippen LogP contribution in [-0.4, -0.2) is 59.1 Å². The first-order valence-electron chi connectivity index (χ1n) is 13.4. The molecular formula is C27H40BFN6O4. The normalized spacial score (nSPS) is 20.6. The SMILES string of the molecule is CC(C)(C)OC(=O)N[C@H]1CCCN(c2ccncc2NCc2nc(B3OC(C)(C)C(C)(C)O3)c(F)cc2N)C1. The highest BCUT2D eigenvalue weighted by atomic mass is 19.1. The second-order valence-electron chi connectivity index (χ2n) is 12.2. The van der Waals surface area contributed by atoms with Gasteiger partial charge in [-0.3, -0.25) is 9.97 Å². The molecule has 2 aliphatic heterocycles. The minimum Gasteiger partial charge on any atom is -0.444 e. The number of ether oxygens (including phenoxy) is 1. The molecule has 0 spiro atoms. The Morgan fingerprint density at radius 2 is 1.97 bits per heavy atom. The zero-order chi connectivity index (χ0) is 28.6. The second kappa shape index (κ2) is 10.8. The number of hydrogen-bond acceptors (Lipinski definition) is 9. The van der Waals surface area contributed by atoms with E-state index in [-0.39, 0.29) is 23.9 Å². The zero-order valence-electron chi connectivity index (χ0n) is 23.9. The summed E-state index contributed by atoms with van der Waals surface area (Å²) in [6, 6.07) is 3.13. The van der Waals surface area contributed by atoms with Crippen molar-refractivity contribution < 1.29 is 23.2 Å². The number of nitrogen functional groups attached to an aromatic ring is 1. The number of piperidine rings is 1. The first kappa shape index (κ1) is 28.9. The average Bonchev–Trinajstić information content (AvgIpc) is 3.04. The molecule has 2 saturated heterocycles. The predicted octanol–water partition coefficient (Wildman–Crippen LogP) is 3.60. The number of anilines is 3. The molecule has 4 N–H and O–H groups in total. The van der Waals surface area contributed by atoms with Crippen LogP contribution in [0.3, 0.4) is 0 Å². The quantitative estimate of drug-likeness (QED) is 0.470. The van der Waals surface area contributed by atoms with Crippen molar-refractivity contribution in [3.8, 4) is 0 Å². The van der Waals surface area contributed by atoms with E-state index in [0.29, 0.717) is 12.2 Å². The summed E-state index contributed by atoms with van der Waals surface area (Å²) in [6.45, 7) is 14.8. The topological polar surface area (TPSA) is 124 Å². The van der Waals surface area contributed by atoms with E-state index >= 15 is 0 Å². The number of nitrogens with two attached hydrogens (primary N) is 1. The van der Waals surface area contributed by atoms with Crippen LogP contribution in [0.1, 0.15) is 67.0 Å². The third kappa shape index (κ3) is 6.73. The molecule has 0 radical (unpaired) electrons. The molecule has 1 atom stereocenters. The van der Waals surface area contributed by atoms with E-state index in [0.717, 1.165) is 30.8 Å². The van der Waals surface area contributed by atoms with Gasteiger partial charge in [0.05, 0.1) is 46.7 Å². The number of halogens is 1. The van der Waals surface area contributed by atoms with Crippen LogP contribution < -0.4 is 26.9 Å². The lowest BCUT2D eigenvalue weighted by Crippen LogP contribution is -2.49. The minimum atomic E-state index is -0.939. The van der Waals surface area contributed by atoms with Crippen LogP contribution in [0.4, 0.5) is 26.2 Å². The Morgan fingerprint density at radius 1 is 1.28 bits per heavy atom. The molecule has 0 aliphatic carbocycles. The molecule has 0 bridgehead atoms. The maximum Gasteiger partial charge on any atom is 0.517 e. The van der Waals surface area contributed by atoms with Crippen LogP contribution in [-0.2, 0) is 20.6 Å². The van der Waals surface area contributed by atoms with Crippen LogP contribution in [0.5, 0.6) is 0 Å². The molecule has 4 heterocycles. The van der Waals surface area contributed by atoms with Crippen molar-refractivity contribution in [3.63, 3.8) is 0 Å². The zero-order valence-corrected chi connectivity index (χ0v) is 23.9. The van der Waals surface area contributed by atoms with Gasteiger partial charge in [-0.2, -0.15) is 0 Å². The smallest absolute Gasteiger partial charge is 0.444 e. The fourth-order valence-corrected chi connectivity index (χ4v) is 4.58. The molecule has 2 fully saturated rings. The lowest BCUT2D eigenvalue weighted by atomic mass is 9.83. The summed E-state index contributed by atoms with van der Waals surface area (Å²) < 4.78 is 32.3. The second-order valence-corrected chi connectivity index (χ2v) is 12.2. The average molecular weight is 542 g/mol. The summed E-state index contributed by atoms with van der Waals surface area (Å²) in [7, 11) is -0.939. The number of carbonyl (C=O) groups excluding carboxylic acids is 1. The Hall–Kier alpha value is -3.12. The van der Waals surface area contributed by atoms with E-state index in [9.17, 15) is 9.18 Å². The molecule has 39 heavy (non-hydrogen) atoms. The molecule has 0 unspecified atom stereocenters. The van der Waals surface area contributed by atoms with Gasteiger partial charge < -0.3 is 35.3 Å². The molecule has 2 aromatic heterocycles. The maximum atomic E-state index is 14.9. The minimum absolute atomic E-state index is 0.0495. The van der Waals surface area contributed by atoms with Crippen molar-refractivity contribution in [2.75, 3.05) is 29.0 Å². The third-order valence-electron chi connectivity index (χ3n) is 7.32. The van der Waals surface area contributed by atoms with Gasteiger partial charge in [-0.1, -0.05) is 0 Å². The maximum absolute atomic E-state index is 14.9. The molecule has 2 aromatic rings. The van der Waals surface area contributed by atoms with Crippen molar-refractivity contribution in [2.24, 2.45) is 0 Å².